The largest absolute Gasteiger partial charge is 0.494 e. The molecule has 1 saturated heterocycles. The molecule has 246 valence electrons. The summed E-state index contributed by atoms with van der Waals surface area (Å²) in [7, 11) is 2.81. The number of fused-ring (bicyclic) bond motifs is 2. The van der Waals surface area contributed by atoms with Crippen molar-refractivity contribution in [1.29, 1.82) is 0 Å². The number of allylic oxidation sites excluding steroid dienone is 2. The van der Waals surface area contributed by atoms with Crippen molar-refractivity contribution in [1.82, 2.24) is 24.0 Å². The molecule has 5 rings (SSSR count). The molecule has 3 heterocycles. The third-order valence-electron chi connectivity index (χ3n) is 7.17. The van der Waals surface area contributed by atoms with Crippen LogP contribution in [0.3, 0.4) is 0 Å². The lowest BCUT2D eigenvalue weighted by atomic mass is 10.1. The maximum atomic E-state index is 12.1. The minimum absolute atomic E-state index is 0. The summed E-state index contributed by atoms with van der Waals surface area (Å²) in [6, 6.07) is 6.34. The van der Waals surface area contributed by atoms with Crippen molar-refractivity contribution < 1.29 is 28.5 Å². The number of hydrogen-bond donors (Lipinski definition) is 3. The van der Waals surface area contributed by atoms with Crippen LogP contribution in [0.15, 0.2) is 36.4 Å². The third kappa shape index (κ3) is 7.91. The van der Waals surface area contributed by atoms with E-state index in [4.69, 9.17) is 36.1 Å². The molecule has 6 N–H and O–H groups in total. The first-order valence-electron chi connectivity index (χ1n) is 13.9. The number of morpholine rings is 1. The number of methoxy groups -OCH3 is 2. The van der Waals surface area contributed by atoms with Crippen LogP contribution in [-0.4, -0.2) is 89.6 Å². The summed E-state index contributed by atoms with van der Waals surface area (Å²) in [5, 5.41) is 0. The zero-order valence-corrected chi connectivity index (χ0v) is 28.8. The van der Waals surface area contributed by atoms with Crippen molar-refractivity contribution in [2.45, 2.75) is 13.1 Å². The van der Waals surface area contributed by atoms with Crippen molar-refractivity contribution in [3.8, 4) is 23.3 Å². The number of halogens is 2. The van der Waals surface area contributed by atoms with Crippen LogP contribution >= 0.6 is 34.0 Å². The van der Waals surface area contributed by atoms with Crippen LogP contribution in [0, 0.1) is 11.8 Å². The molecule has 2 aromatic heterocycles. The number of ether oxygens (including phenoxy) is 4. The van der Waals surface area contributed by atoms with E-state index in [1.165, 1.54) is 14.2 Å². The van der Waals surface area contributed by atoms with E-state index in [9.17, 15) is 9.59 Å². The van der Waals surface area contributed by atoms with Crippen LogP contribution in [0.4, 0.5) is 11.9 Å². The molecule has 1 aliphatic rings. The van der Waals surface area contributed by atoms with Gasteiger partial charge in [-0.3, -0.25) is 9.69 Å². The van der Waals surface area contributed by atoms with Gasteiger partial charge in [-0.15, -0.1) is 34.0 Å². The van der Waals surface area contributed by atoms with E-state index in [0.717, 1.165) is 13.1 Å². The summed E-state index contributed by atoms with van der Waals surface area (Å²) in [4.78, 5) is 35.1. The summed E-state index contributed by atoms with van der Waals surface area (Å²) in [5.74, 6) is 6.35. The van der Waals surface area contributed by atoms with Crippen LogP contribution in [0.25, 0.3) is 22.1 Å². The predicted molar refractivity (Wildman–Crippen MR) is 185 cm³/mol. The van der Waals surface area contributed by atoms with Crippen LogP contribution < -0.4 is 26.7 Å². The summed E-state index contributed by atoms with van der Waals surface area (Å²) in [6.45, 7) is 4.52. The average Bonchev–Trinajstić information content (AvgIpc) is 3.52. The maximum Gasteiger partial charge on any atom is 0.338 e. The highest BCUT2D eigenvalue weighted by atomic mass is 79.9. The van der Waals surface area contributed by atoms with Crippen molar-refractivity contribution in [3.63, 3.8) is 0 Å². The number of anilines is 2. The Labute approximate surface area is 286 Å². The molecule has 0 unspecified atom stereocenters. The zero-order chi connectivity index (χ0) is 31.2. The Morgan fingerprint density at radius 3 is 2.02 bits per heavy atom. The molecule has 1 aliphatic heterocycles. The molecule has 16 heteroatoms. The Balaban J connectivity index is 0.00000288. The molecule has 0 radical (unpaired) electrons. The average molecular weight is 764 g/mol. The van der Waals surface area contributed by atoms with Crippen molar-refractivity contribution >= 4 is 79.8 Å². The van der Waals surface area contributed by atoms with Gasteiger partial charge < -0.3 is 45.3 Å². The number of benzene rings is 2. The Bertz CT molecular complexity index is 1800. The number of primary amides is 1. The second-order valence-electron chi connectivity index (χ2n) is 9.91. The van der Waals surface area contributed by atoms with Gasteiger partial charge in [-0.1, -0.05) is 24.0 Å². The fourth-order valence-corrected chi connectivity index (χ4v) is 4.96. The molecule has 1 fully saturated rings. The lowest BCUT2D eigenvalue weighted by Crippen LogP contribution is -2.36. The van der Waals surface area contributed by atoms with Crippen LogP contribution in [-0.2, 0) is 22.6 Å². The van der Waals surface area contributed by atoms with Gasteiger partial charge in [0.1, 0.15) is 29.1 Å². The normalized spacial score (nSPS) is 13.1. The van der Waals surface area contributed by atoms with Gasteiger partial charge in [0.25, 0.3) is 0 Å². The van der Waals surface area contributed by atoms with E-state index < -0.39 is 11.9 Å². The van der Waals surface area contributed by atoms with Gasteiger partial charge in [0, 0.05) is 31.7 Å². The Morgan fingerprint density at radius 2 is 1.46 bits per heavy atom. The van der Waals surface area contributed by atoms with Gasteiger partial charge in [0.2, 0.25) is 17.8 Å². The SMILES string of the molecule is Br.Br.COC(=O)c1cc(OC)c2c(c1)nc(N)n2C/C=C/Cn1c(N)nc2cc(C(N)=O)cc(OCC#CCN3CCOCC3)c21. The van der Waals surface area contributed by atoms with Crippen molar-refractivity contribution in [2.24, 2.45) is 5.73 Å². The molecular weight excluding hydrogens is 728 g/mol. The van der Waals surface area contributed by atoms with Crippen molar-refractivity contribution in [3.05, 3.63) is 47.5 Å². The standard InChI is InChI=1S/C30H34N8O6.2BrH/c1-41-23-18-20(28(40)42-2)16-22-25(23)37(29(32)35-22)8-3-4-9-38-26-21(34-30(38)33)15-19(27(31)39)17-24(26)44-12-6-5-7-36-10-13-43-14-11-36;;/h3-4,15-18H,7-14H2,1-2H3,(H2,31,39)(H2,32,35)(H2,33,34);2*1H/b4-3+;;. The number of amides is 1. The van der Waals surface area contributed by atoms with Crippen LogP contribution in [0.2, 0.25) is 0 Å². The summed E-state index contributed by atoms with van der Waals surface area (Å²) < 4.78 is 25.3. The number of nitrogens with zero attached hydrogens (tertiary/aromatic N) is 5. The van der Waals surface area contributed by atoms with Gasteiger partial charge >= 0.3 is 5.97 Å². The highest BCUT2D eigenvalue weighted by molar-refractivity contribution is 8.93. The van der Waals surface area contributed by atoms with Crippen LogP contribution in [0.5, 0.6) is 11.5 Å². The molecule has 14 nitrogen and oxygen atoms in total. The summed E-state index contributed by atoms with van der Waals surface area (Å²) in [5.41, 5.74) is 20.8. The number of imidazole rings is 2. The molecular formula is C30H36Br2N8O6. The summed E-state index contributed by atoms with van der Waals surface area (Å²) in [6.07, 6.45) is 3.79. The molecule has 0 aliphatic carbocycles. The van der Waals surface area contributed by atoms with E-state index in [0.29, 0.717) is 72.0 Å². The van der Waals surface area contributed by atoms with Gasteiger partial charge in [0.15, 0.2) is 0 Å². The third-order valence-corrected chi connectivity index (χ3v) is 7.17. The zero-order valence-electron chi connectivity index (χ0n) is 25.4. The van der Waals surface area contributed by atoms with E-state index in [2.05, 4.69) is 26.7 Å². The number of esters is 1. The molecule has 0 saturated carbocycles. The highest BCUT2D eigenvalue weighted by Gasteiger charge is 2.19. The first kappa shape index (κ1) is 36.2. The Hall–Kier alpha value is -4.30. The molecule has 0 spiro atoms. The molecule has 2 aromatic carbocycles. The lowest BCUT2D eigenvalue weighted by Gasteiger charge is -2.24. The number of nitrogen functional groups attached to an aromatic ring is 2. The highest BCUT2D eigenvalue weighted by Crippen LogP contribution is 2.31. The fraction of sp³-hybridized carbons (Fsp3) is 0.333. The Morgan fingerprint density at radius 1 is 0.891 bits per heavy atom. The smallest absolute Gasteiger partial charge is 0.338 e. The number of carbonyl (C=O) groups is 2. The van der Waals surface area contributed by atoms with Crippen molar-refractivity contribution in [2.75, 3.05) is 65.1 Å². The topological polar surface area (TPSA) is 188 Å². The van der Waals surface area contributed by atoms with Gasteiger partial charge in [-0.05, 0) is 24.3 Å². The first-order valence-corrected chi connectivity index (χ1v) is 13.9. The molecule has 0 bridgehead atoms. The van der Waals surface area contributed by atoms with E-state index in [1.54, 1.807) is 33.4 Å². The molecule has 0 atom stereocenters. The number of aromatic nitrogens is 4. The lowest BCUT2D eigenvalue weighted by molar-refractivity contribution is 0.0443. The van der Waals surface area contributed by atoms with E-state index in [-0.39, 0.29) is 58.0 Å². The number of nitrogens with two attached hydrogens (primary N) is 3. The second kappa shape index (κ2) is 16.3. The fourth-order valence-electron chi connectivity index (χ4n) is 4.96. The molecule has 4 aromatic rings. The number of rotatable bonds is 10. The van der Waals surface area contributed by atoms with E-state index >= 15 is 0 Å². The minimum atomic E-state index is -0.609. The maximum absolute atomic E-state index is 12.1. The summed E-state index contributed by atoms with van der Waals surface area (Å²) >= 11 is 0. The number of carbonyl (C=O) groups excluding carboxylic acids is 2. The molecule has 1 amide bonds. The minimum Gasteiger partial charge on any atom is -0.494 e. The number of hydrogen-bond acceptors (Lipinski definition) is 11. The van der Waals surface area contributed by atoms with Gasteiger partial charge in [-0.25, -0.2) is 14.8 Å². The van der Waals surface area contributed by atoms with Gasteiger partial charge in [0.05, 0.1) is 50.6 Å². The quantitative estimate of drug-likeness (QED) is 0.122. The molecule has 46 heavy (non-hydrogen) atoms. The second-order valence-corrected chi connectivity index (χ2v) is 9.91. The van der Waals surface area contributed by atoms with Crippen LogP contribution in [0.1, 0.15) is 20.7 Å². The van der Waals surface area contributed by atoms with E-state index in [1.807, 2.05) is 12.2 Å². The monoisotopic (exact) mass is 762 g/mol. The van der Waals surface area contributed by atoms with Gasteiger partial charge in [-0.2, -0.15) is 0 Å². The predicted octanol–water partition coefficient (Wildman–Crippen LogP) is 2.57. The first-order chi connectivity index (χ1) is 21.3. The Kier molecular flexibility index (Phi) is 12.8.